The topological polar surface area (TPSA) is 327 Å². The van der Waals surface area contributed by atoms with E-state index in [1.807, 2.05) is 0 Å². The number of ether oxygens (including phenoxy) is 12. The lowest BCUT2D eigenvalue weighted by molar-refractivity contribution is -0.170. The van der Waals surface area contributed by atoms with Gasteiger partial charge in [0.15, 0.2) is 11.5 Å². The third kappa shape index (κ3) is 20.1. The van der Waals surface area contributed by atoms with Gasteiger partial charge >= 0.3 is 65.6 Å². The van der Waals surface area contributed by atoms with Crippen molar-refractivity contribution in [2.45, 2.75) is 34.6 Å². The molecule has 2 aromatic heterocycles. The Morgan fingerprint density at radius 1 is 0.515 bits per heavy atom. The van der Waals surface area contributed by atoms with Gasteiger partial charge in [-0.25, -0.2) is 9.78 Å². The van der Waals surface area contributed by atoms with Crippen LogP contribution in [0.4, 0.5) is 5.69 Å². The number of hydrogen-bond acceptors (Lipinski definition) is 27. The molecule has 0 radical (unpaired) electrons. The minimum absolute atomic E-state index is 0.0130. The van der Waals surface area contributed by atoms with E-state index in [1.54, 1.807) is 0 Å². The summed E-state index contributed by atoms with van der Waals surface area (Å²) >= 11 is 0. The fourth-order valence-corrected chi connectivity index (χ4v) is 4.77. The minimum atomic E-state index is -1.05. The largest absolute Gasteiger partial charge is 0.489 e. The van der Waals surface area contributed by atoms with Gasteiger partial charge in [-0.2, -0.15) is 0 Å². The van der Waals surface area contributed by atoms with E-state index in [9.17, 15) is 47.9 Å². The monoisotopic (exact) mass is 939 g/mol. The highest BCUT2D eigenvalue weighted by atomic mass is 16.7. The minimum Gasteiger partial charge on any atom is -0.489 e. The molecule has 0 fully saturated rings. The van der Waals surface area contributed by atoms with Crippen LogP contribution in [0, 0.1) is 0 Å². The summed E-state index contributed by atoms with van der Waals surface area (Å²) in [5.41, 5.74) is 0.138. The summed E-state index contributed by atoms with van der Waals surface area (Å²) in [6.45, 7) is -0.849. The average Bonchev–Trinajstić information content (AvgIpc) is 3.88. The van der Waals surface area contributed by atoms with E-state index in [0.29, 0.717) is 5.39 Å². The summed E-state index contributed by atoms with van der Waals surface area (Å²) in [6.07, 6.45) is 1.15. The van der Waals surface area contributed by atoms with Crippen molar-refractivity contribution < 1.29 is 114 Å². The van der Waals surface area contributed by atoms with E-state index in [4.69, 9.17) is 42.0 Å². The highest BCUT2D eigenvalue weighted by Gasteiger charge is 2.25. The number of benzene rings is 1. The number of carbonyl (C=O) groups excluding carboxylic acids is 10. The van der Waals surface area contributed by atoms with Gasteiger partial charge in [0.2, 0.25) is 34.0 Å². The number of esters is 10. The van der Waals surface area contributed by atoms with Crippen molar-refractivity contribution in [3.05, 3.63) is 30.3 Å². The van der Waals surface area contributed by atoms with Gasteiger partial charge in [0.1, 0.15) is 31.0 Å². The summed E-state index contributed by atoms with van der Waals surface area (Å²) in [7, 11) is 0. The van der Waals surface area contributed by atoms with Gasteiger partial charge in [-0.3, -0.25) is 48.1 Å². The molecule has 3 aromatic rings. The van der Waals surface area contributed by atoms with Crippen LogP contribution in [0.2, 0.25) is 0 Å². The Labute approximate surface area is 373 Å². The first-order valence-electron chi connectivity index (χ1n) is 19.1. The molecule has 0 bridgehead atoms. The number of hydrogen-bond donors (Lipinski definition) is 0. The smallest absolute Gasteiger partial charge is 0.397 e. The number of aromatic nitrogens is 1. The molecule has 0 N–H and O–H groups in total. The average molecular weight is 940 g/mol. The third-order valence-corrected chi connectivity index (χ3v) is 7.62. The fourth-order valence-electron chi connectivity index (χ4n) is 4.77. The lowest BCUT2D eigenvalue weighted by atomic mass is 10.2. The zero-order valence-corrected chi connectivity index (χ0v) is 36.1. The van der Waals surface area contributed by atoms with Crippen LogP contribution in [0.1, 0.15) is 45.3 Å². The zero-order chi connectivity index (χ0) is 48.6. The fraction of sp³-hybridized carbons (Fsp3) is 0.462. The number of rotatable bonds is 28. The molecule has 0 atom stereocenters. The molecule has 0 unspecified atom stereocenters. The molecular weight excluding hydrogens is 894 g/mol. The molecule has 3 rings (SSSR count). The van der Waals surface area contributed by atoms with Crippen molar-refractivity contribution >= 4 is 76.3 Å². The molecule has 2 heterocycles. The SMILES string of the molecule is CC(=O)OCOC(=O)CN(CCOCCOc1cc2cc(-c3cnc(C(=O)OCOC(C)=O)o3)oc2cc1N(CC(=O)OCOC(C)=O)CC(=O)OCOC(C)=O)CC(=O)OCOC(C)=O. The highest BCUT2D eigenvalue weighted by molar-refractivity contribution is 5.91. The lowest BCUT2D eigenvalue weighted by Crippen LogP contribution is -2.38. The molecule has 27 heteroatoms. The number of nitrogens with zero attached hydrogens (tertiary/aromatic N) is 3. The van der Waals surface area contributed by atoms with Crippen molar-refractivity contribution in [2.24, 2.45) is 0 Å². The first kappa shape index (κ1) is 52.5. The first-order chi connectivity index (χ1) is 31.4. The first-order valence-corrected chi connectivity index (χ1v) is 19.1. The van der Waals surface area contributed by atoms with Crippen LogP contribution >= 0.6 is 0 Å². The second-order valence-corrected chi connectivity index (χ2v) is 12.8. The molecule has 0 aliphatic heterocycles. The highest BCUT2D eigenvalue weighted by Crippen LogP contribution is 2.37. The van der Waals surface area contributed by atoms with Crippen molar-refractivity contribution in [1.82, 2.24) is 9.88 Å². The van der Waals surface area contributed by atoms with E-state index in [1.165, 1.54) is 23.1 Å². The predicted molar refractivity (Wildman–Crippen MR) is 210 cm³/mol. The van der Waals surface area contributed by atoms with E-state index in [2.05, 4.69) is 28.7 Å². The van der Waals surface area contributed by atoms with Gasteiger partial charge in [0.05, 0.1) is 38.2 Å². The number of oxazole rings is 1. The molecule has 0 amide bonds. The van der Waals surface area contributed by atoms with Crippen molar-refractivity contribution in [1.29, 1.82) is 0 Å². The molecule has 0 saturated heterocycles. The standard InChI is InChI=1S/C39H45N3O24/c1-23(43)55-18-60-34(48)14-41(15-35(49)61-19-56-24(2)44)6-7-53-8-9-54-31-10-28-11-32(33-13-40-38(66-33)39(52)64-22-59-27(5)47)65-30(28)12-29(31)42(16-36(50)62-20-57-25(3)45)17-37(51)63-21-58-26(4)46/h10-13H,6-9,14-22H2,1-5H3. The number of furan rings is 1. The van der Waals surface area contributed by atoms with E-state index in [-0.39, 0.29) is 54.9 Å². The Morgan fingerprint density at radius 2 is 0.985 bits per heavy atom. The summed E-state index contributed by atoms with van der Waals surface area (Å²) in [6, 6.07) is 4.30. The number of fused-ring (bicyclic) bond motifs is 1. The summed E-state index contributed by atoms with van der Waals surface area (Å²) in [5, 5.41) is 0.353. The molecule has 0 spiro atoms. The predicted octanol–water partition coefficient (Wildman–Crippen LogP) is 0.524. The number of carbonyl (C=O) groups is 10. The summed E-state index contributed by atoms with van der Waals surface area (Å²) in [4.78, 5) is 125. The maximum atomic E-state index is 12.9. The Morgan fingerprint density at radius 3 is 1.47 bits per heavy atom. The van der Waals surface area contributed by atoms with Crippen LogP contribution in [0.25, 0.3) is 22.5 Å². The van der Waals surface area contributed by atoms with Gasteiger partial charge in [-0.05, 0) is 12.1 Å². The van der Waals surface area contributed by atoms with Gasteiger partial charge in [0, 0.05) is 52.6 Å². The quantitative estimate of drug-likeness (QED) is 0.0414. The van der Waals surface area contributed by atoms with E-state index >= 15 is 0 Å². The molecule has 1 aromatic carbocycles. The Kier molecular flexibility index (Phi) is 21.8. The van der Waals surface area contributed by atoms with Crippen molar-refractivity contribution in [2.75, 3.05) is 91.4 Å². The third-order valence-electron chi connectivity index (χ3n) is 7.62. The second kappa shape index (κ2) is 27.4. The maximum Gasteiger partial charge on any atom is 0.397 e. The van der Waals surface area contributed by atoms with Crippen LogP contribution in [0.15, 0.2) is 33.2 Å². The molecule has 66 heavy (non-hydrogen) atoms. The number of anilines is 1. The van der Waals surface area contributed by atoms with Crippen LogP contribution in [-0.2, 0) is 95.3 Å². The van der Waals surface area contributed by atoms with Crippen molar-refractivity contribution in [3.63, 3.8) is 0 Å². The molecule has 27 nitrogen and oxygen atoms in total. The van der Waals surface area contributed by atoms with E-state index in [0.717, 1.165) is 45.7 Å². The zero-order valence-electron chi connectivity index (χ0n) is 36.1. The maximum absolute atomic E-state index is 12.9. The Balaban J connectivity index is 1.86. The van der Waals surface area contributed by atoms with E-state index < -0.39 is 126 Å². The van der Waals surface area contributed by atoms with Gasteiger partial charge in [-0.1, -0.05) is 0 Å². The normalized spacial score (nSPS) is 10.6. The molecule has 0 saturated carbocycles. The van der Waals surface area contributed by atoms with Gasteiger partial charge in [0.25, 0.3) is 0 Å². The summed E-state index contributed by atoms with van der Waals surface area (Å²) < 4.78 is 70.8. The van der Waals surface area contributed by atoms with Gasteiger partial charge in [-0.15, -0.1) is 0 Å². The van der Waals surface area contributed by atoms with Crippen LogP contribution in [0.5, 0.6) is 5.75 Å². The lowest BCUT2D eigenvalue weighted by Gasteiger charge is -2.25. The molecule has 360 valence electrons. The Bertz CT molecular complexity index is 2130. The molecular formula is C39H45N3O24. The van der Waals surface area contributed by atoms with Crippen LogP contribution in [0.3, 0.4) is 0 Å². The van der Waals surface area contributed by atoms with Crippen LogP contribution < -0.4 is 9.64 Å². The van der Waals surface area contributed by atoms with Crippen LogP contribution in [-0.4, -0.2) is 156 Å². The Hall–Kier alpha value is -7.81. The van der Waals surface area contributed by atoms with Crippen molar-refractivity contribution in [3.8, 4) is 17.3 Å². The molecule has 0 aliphatic rings. The molecule has 0 aliphatic carbocycles. The second-order valence-electron chi connectivity index (χ2n) is 12.8. The van der Waals surface area contributed by atoms with Gasteiger partial charge < -0.3 is 70.6 Å². The summed E-state index contributed by atoms with van der Waals surface area (Å²) in [5.74, 6) is -8.83.